The minimum absolute atomic E-state index is 0.194. The van der Waals surface area contributed by atoms with Gasteiger partial charge in [-0.2, -0.15) is 5.26 Å². The summed E-state index contributed by atoms with van der Waals surface area (Å²) < 4.78 is 1.38. The van der Waals surface area contributed by atoms with Crippen LogP contribution in [-0.2, 0) is 0 Å². The van der Waals surface area contributed by atoms with Crippen LogP contribution in [0, 0.1) is 18.3 Å². The van der Waals surface area contributed by atoms with Gasteiger partial charge >= 0.3 is 0 Å². The second-order valence-corrected chi connectivity index (χ2v) is 2.89. The molecule has 4 heteroatoms. The molecule has 0 spiro atoms. The summed E-state index contributed by atoms with van der Waals surface area (Å²) in [6.45, 7) is 3.39. The summed E-state index contributed by atoms with van der Waals surface area (Å²) in [4.78, 5) is 11.3. The Hall–Kier alpha value is -1.76. The van der Waals surface area contributed by atoms with Crippen LogP contribution in [0.25, 0.3) is 0 Å². The fourth-order valence-electron chi connectivity index (χ4n) is 1.21. The van der Waals surface area contributed by atoms with Gasteiger partial charge in [0.25, 0.3) is 5.56 Å². The van der Waals surface area contributed by atoms with Crippen molar-refractivity contribution < 1.29 is 0 Å². The first-order valence-corrected chi connectivity index (χ1v) is 3.95. The highest BCUT2D eigenvalue weighted by Gasteiger charge is 2.09. The number of rotatable bonds is 1. The lowest BCUT2D eigenvalue weighted by atomic mass is 10.2. The summed E-state index contributed by atoms with van der Waals surface area (Å²) in [6, 6.07) is 4.45. The van der Waals surface area contributed by atoms with Crippen LogP contribution in [0.4, 0.5) is 5.69 Å². The van der Waals surface area contributed by atoms with Crippen LogP contribution < -0.4 is 11.3 Å². The molecular weight excluding hydrogens is 166 g/mol. The molecule has 0 amide bonds. The quantitative estimate of drug-likeness (QED) is 0.690. The van der Waals surface area contributed by atoms with Gasteiger partial charge in [-0.15, -0.1) is 0 Å². The van der Waals surface area contributed by atoms with Gasteiger partial charge in [-0.3, -0.25) is 9.36 Å². The maximum Gasteiger partial charge on any atom is 0.251 e. The van der Waals surface area contributed by atoms with Gasteiger partial charge in [0.05, 0.1) is 11.8 Å². The normalized spacial score (nSPS) is 12.1. The van der Waals surface area contributed by atoms with E-state index in [0.717, 1.165) is 0 Å². The zero-order valence-corrected chi connectivity index (χ0v) is 7.61. The maximum atomic E-state index is 11.3. The third-order valence-corrected chi connectivity index (χ3v) is 2.00. The Bertz CT molecular complexity index is 414. The van der Waals surface area contributed by atoms with E-state index in [4.69, 9.17) is 11.0 Å². The number of anilines is 1. The van der Waals surface area contributed by atoms with Crippen molar-refractivity contribution >= 4 is 5.69 Å². The largest absolute Gasteiger partial charge is 0.397 e. The summed E-state index contributed by atoms with van der Waals surface area (Å²) in [5.74, 6) is 0. The first-order valence-electron chi connectivity index (χ1n) is 3.95. The van der Waals surface area contributed by atoms with E-state index in [9.17, 15) is 4.79 Å². The molecule has 0 radical (unpaired) electrons. The highest BCUT2D eigenvalue weighted by atomic mass is 16.1. The number of pyridine rings is 1. The molecule has 0 aliphatic heterocycles. The average Bonchev–Trinajstić information content (AvgIpc) is 2.12. The van der Waals surface area contributed by atoms with Crippen LogP contribution >= 0.6 is 0 Å². The molecule has 13 heavy (non-hydrogen) atoms. The van der Waals surface area contributed by atoms with Crippen molar-refractivity contribution in [3.8, 4) is 6.07 Å². The fraction of sp³-hybridized carbons (Fsp3) is 0.333. The highest BCUT2D eigenvalue weighted by Crippen LogP contribution is 2.11. The van der Waals surface area contributed by atoms with Crippen molar-refractivity contribution in [1.29, 1.82) is 5.26 Å². The zero-order chi connectivity index (χ0) is 10.0. The van der Waals surface area contributed by atoms with E-state index in [1.807, 2.05) is 6.07 Å². The molecule has 0 bridgehead atoms. The zero-order valence-electron chi connectivity index (χ0n) is 7.61. The van der Waals surface area contributed by atoms with Gasteiger partial charge in [-0.1, -0.05) is 0 Å². The molecule has 4 nitrogen and oxygen atoms in total. The van der Waals surface area contributed by atoms with E-state index < -0.39 is 6.04 Å². The molecule has 1 atom stereocenters. The van der Waals surface area contributed by atoms with Crippen molar-refractivity contribution in [3.63, 3.8) is 0 Å². The maximum absolute atomic E-state index is 11.3. The monoisotopic (exact) mass is 177 g/mol. The third-order valence-electron chi connectivity index (χ3n) is 2.00. The number of hydrogen-bond donors (Lipinski definition) is 1. The van der Waals surface area contributed by atoms with Crippen LogP contribution in [0.3, 0.4) is 0 Å². The number of hydrogen-bond acceptors (Lipinski definition) is 3. The van der Waals surface area contributed by atoms with Crippen LogP contribution in [0.1, 0.15) is 18.7 Å². The number of nitrogen functional groups attached to an aromatic ring is 1. The summed E-state index contributed by atoms with van der Waals surface area (Å²) in [6.07, 6.45) is 0. The van der Waals surface area contributed by atoms with Gasteiger partial charge in [0.1, 0.15) is 6.04 Å². The second kappa shape index (κ2) is 3.31. The van der Waals surface area contributed by atoms with Crippen molar-refractivity contribution in [2.45, 2.75) is 19.9 Å². The molecule has 0 aromatic carbocycles. The van der Waals surface area contributed by atoms with Crippen molar-refractivity contribution in [1.82, 2.24) is 4.57 Å². The molecule has 1 aromatic heterocycles. The molecule has 0 saturated heterocycles. The molecular formula is C9H11N3O. The van der Waals surface area contributed by atoms with Gasteiger partial charge in [-0.25, -0.2) is 0 Å². The minimum atomic E-state index is -0.476. The topological polar surface area (TPSA) is 71.8 Å². The van der Waals surface area contributed by atoms with Crippen molar-refractivity contribution in [3.05, 3.63) is 28.2 Å². The van der Waals surface area contributed by atoms with Crippen LogP contribution in [0.15, 0.2) is 16.9 Å². The van der Waals surface area contributed by atoms with Gasteiger partial charge < -0.3 is 5.73 Å². The predicted octanol–water partition coefficient (Wildman–Crippen LogP) is 0.824. The Morgan fingerprint density at radius 3 is 2.77 bits per heavy atom. The van der Waals surface area contributed by atoms with Crippen molar-refractivity contribution in [2.24, 2.45) is 0 Å². The molecule has 0 saturated carbocycles. The SMILES string of the molecule is Cc1c(N)ccc(=O)n1C(C)C#N. The lowest BCUT2D eigenvalue weighted by Gasteiger charge is -2.12. The van der Waals surface area contributed by atoms with E-state index in [1.54, 1.807) is 19.9 Å². The van der Waals surface area contributed by atoms with Gasteiger partial charge in [0, 0.05) is 11.8 Å². The first-order chi connectivity index (χ1) is 6.07. The van der Waals surface area contributed by atoms with E-state index in [1.165, 1.54) is 10.6 Å². The van der Waals surface area contributed by atoms with Crippen molar-refractivity contribution in [2.75, 3.05) is 5.73 Å². The summed E-state index contributed by atoms with van der Waals surface area (Å²) in [5.41, 5.74) is 6.59. The average molecular weight is 177 g/mol. The summed E-state index contributed by atoms with van der Waals surface area (Å²) >= 11 is 0. The third kappa shape index (κ3) is 1.54. The minimum Gasteiger partial charge on any atom is -0.397 e. The molecule has 68 valence electrons. The van der Waals surface area contributed by atoms with Gasteiger partial charge in [-0.05, 0) is 19.9 Å². The Kier molecular flexibility index (Phi) is 2.38. The van der Waals surface area contributed by atoms with Gasteiger partial charge in [0.2, 0.25) is 0 Å². The van der Waals surface area contributed by atoms with E-state index in [-0.39, 0.29) is 5.56 Å². The van der Waals surface area contributed by atoms with E-state index in [2.05, 4.69) is 0 Å². The smallest absolute Gasteiger partial charge is 0.251 e. The fourth-order valence-corrected chi connectivity index (χ4v) is 1.21. The summed E-state index contributed by atoms with van der Waals surface area (Å²) in [7, 11) is 0. The number of nitriles is 1. The predicted molar refractivity (Wildman–Crippen MR) is 50.2 cm³/mol. The Morgan fingerprint density at radius 1 is 1.62 bits per heavy atom. The Balaban J connectivity index is 3.44. The second-order valence-electron chi connectivity index (χ2n) is 2.89. The van der Waals surface area contributed by atoms with Crippen LogP contribution in [0.5, 0.6) is 0 Å². The molecule has 2 N–H and O–H groups in total. The van der Waals surface area contributed by atoms with E-state index >= 15 is 0 Å². The van der Waals surface area contributed by atoms with E-state index in [0.29, 0.717) is 11.4 Å². The standard InChI is InChI=1S/C9H11N3O/c1-6(5-10)12-7(2)8(11)3-4-9(12)13/h3-4,6H,11H2,1-2H3. The number of nitrogens with zero attached hydrogens (tertiary/aromatic N) is 2. The first kappa shape index (κ1) is 9.33. The molecule has 1 aromatic rings. The molecule has 1 rings (SSSR count). The summed E-state index contributed by atoms with van der Waals surface area (Å²) in [5, 5.41) is 8.68. The lowest BCUT2D eigenvalue weighted by molar-refractivity contribution is 0.628. The molecule has 0 aliphatic carbocycles. The van der Waals surface area contributed by atoms with Gasteiger partial charge in [0.15, 0.2) is 0 Å². The molecule has 1 unspecified atom stereocenters. The molecule has 0 fully saturated rings. The van der Waals surface area contributed by atoms with Crippen LogP contribution in [0.2, 0.25) is 0 Å². The highest BCUT2D eigenvalue weighted by molar-refractivity contribution is 5.42. The molecule has 0 aliphatic rings. The molecule has 1 heterocycles. The Labute approximate surface area is 76.2 Å². The Morgan fingerprint density at radius 2 is 2.23 bits per heavy atom. The lowest BCUT2D eigenvalue weighted by Crippen LogP contribution is -2.24. The van der Waals surface area contributed by atoms with Crippen LogP contribution in [-0.4, -0.2) is 4.57 Å². The number of nitrogens with two attached hydrogens (primary N) is 1. The number of aromatic nitrogens is 1.